The Labute approximate surface area is 158 Å². The highest BCUT2D eigenvalue weighted by Gasteiger charge is 2.05. The van der Waals surface area contributed by atoms with E-state index in [-0.39, 0.29) is 0 Å². The van der Waals surface area contributed by atoms with Gasteiger partial charge in [-0.1, -0.05) is 24.3 Å². The number of fused-ring (bicyclic) bond motifs is 1. The number of nitrogens with one attached hydrogen (secondary N) is 3. The summed E-state index contributed by atoms with van der Waals surface area (Å²) in [4.78, 5) is 7.80. The molecule has 0 aliphatic heterocycles. The summed E-state index contributed by atoms with van der Waals surface area (Å²) in [5.74, 6) is 1.19. The molecule has 2 aromatic carbocycles. The van der Waals surface area contributed by atoms with Gasteiger partial charge in [-0.05, 0) is 55.2 Å². The normalized spacial score (nSPS) is 10.9. The van der Waals surface area contributed by atoms with Crippen molar-refractivity contribution in [1.82, 2.24) is 20.2 Å². The van der Waals surface area contributed by atoms with Crippen molar-refractivity contribution < 1.29 is 0 Å². The Kier molecular flexibility index (Phi) is 4.70. The molecule has 6 nitrogen and oxygen atoms in total. The van der Waals surface area contributed by atoms with Crippen LogP contribution in [0.3, 0.4) is 0 Å². The number of H-pyrrole nitrogens is 1. The van der Waals surface area contributed by atoms with Gasteiger partial charge in [0.25, 0.3) is 0 Å². The molecule has 0 amide bonds. The minimum Gasteiger partial charge on any atom is -0.361 e. The topological polar surface area (TPSA) is 78.5 Å². The van der Waals surface area contributed by atoms with Crippen molar-refractivity contribution in [3.05, 3.63) is 71.5 Å². The molecule has 0 saturated carbocycles. The molecule has 0 spiro atoms. The van der Waals surface area contributed by atoms with Crippen LogP contribution in [0.2, 0.25) is 0 Å². The van der Waals surface area contributed by atoms with Crippen LogP contribution < -0.4 is 10.6 Å². The second kappa shape index (κ2) is 7.45. The van der Waals surface area contributed by atoms with E-state index in [2.05, 4.69) is 81.2 Å². The molecule has 3 N–H and O–H groups in total. The van der Waals surface area contributed by atoms with Gasteiger partial charge in [0, 0.05) is 29.3 Å². The van der Waals surface area contributed by atoms with E-state index < -0.39 is 0 Å². The van der Waals surface area contributed by atoms with E-state index in [0.717, 1.165) is 24.2 Å². The van der Waals surface area contributed by atoms with Crippen molar-refractivity contribution in [2.45, 2.75) is 20.3 Å². The maximum absolute atomic E-state index is 4.50. The third-order valence-corrected chi connectivity index (χ3v) is 4.69. The molecule has 2 aromatic heterocycles. The van der Waals surface area contributed by atoms with Gasteiger partial charge in [-0.3, -0.25) is 0 Å². The summed E-state index contributed by atoms with van der Waals surface area (Å²) in [7, 11) is 0. The van der Waals surface area contributed by atoms with Gasteiger partial charge >= 0.3 is 0 Å². The second-order valence-electron chi connectivity index (χ2n) is 6.63. The molecule has 0 aliphatic rings. The lowest BCUT2D eigenvalue weighted by molar-refractivity contribution is 0.931. The van der Waals surface area contributed by atoms with Gasteiger partial charge in [-0.25, -0.2) is 0 Å². The lowest BCUT2D eigenvalue weighted by Gasteiger charge is -2.09. The first kappa shape index (κ1) is 17.0. The number of aromatic amines is 1. The van der Waals surface area contributed by atoms with Crippen molar-refractivity contribution in [2.24, 2.45) is 0 Å². The molecule has 0 fully saturated rings. The zero-order valence-electron chi connectivity index (χ0n) is 15.5. The summed E-state index contributed by atoms with van der Waals surface area (Å²) < 4.78 is 0. The number of rotatable bonds is 6. The summed E-state index contributed by atoms with van der Waals surface area (Å²) in [5.41, 5.74) is 5.92. The maximum Gasteiger partial charge on any atom is 0.244 e. The Bertz CT molecular complexity index is 1070. The predicted octanol–water partition coefficient (Wildman–Crippen LogP) is 4.37. The van der Waals surface area contributed by atoms with Gasteiger partial charge in [0.1, 0.15) is 0 Å². The summed E-state index contributed by atoms with van der Waals surface area (Å²) in [6.07, 6.45) is 4.56. The number of nitrogens with zero attached hydrogens (tertiary/aromatic N) is 3. The first-order valence-electron chi connectivity index (χ1n) is 9.02. The van der Waals surface area contributed by atoms with Crippen molar-refractivity contribution in [1.29, 1.82) is 0 Å². The quantitative estimate of drug-likeness (QED) is 0.477. The second-order valence-corrected chi connectivity index (χ2v) is 6.63. The Balaban J connectivity index is 1.39. The van der Waals surface area contributed by atoms with Crippen LogP contribution in [-0.4, -0.2) is 26.7 Å². The number of hydrogen-bond donors (Lipinski definition) is 3. The molecule has 0 unspecified atom stereocenters. The van der Waals surface area contributed by atoms with Crippen LogP contribution in [0.4, 0.5) is 17.5 Å². The Morgan fingerprint density at radius 1 is 1.04 bits per heavy atom. The number of aryl methyl sites for hydroxylation is 2. The fourth-order valence-corrected chi connectivity index (χ4v) is 3.05. The fraction of sp³-hybridized carbons (Fsp3) is 0.190. The van der Waals surface area contributed by atoms with Crippen molar-refractivity contribution in [3.63, 3.8) is 0 Å². The van der Waals surface area contributed by atoms with Gasteiger partial charge < -0.3 is 15.6 Å². The predicted molar refractivity (Wildman–Crippen MR) is 110 cm³/mol. The van der Waals surface area contributed by atoms with Crippen molar-refractivity contribution >= 4 is 28.4 Å². The van der Waals surface area contributed by atoms with Crippen LogP contribution >= 0.6 is 0 Å². The van der Waals surface area contributed by atoms with E-state index in [0.29, 0.717) is 11.8 Å². The number of aromatic nitrogens is 4. The maximum atomic E-state index is 4.50. The molecular weight excluding hydrogens is 336 g/mol. The number of para-hydroxylation sites is 1. The Morgan fingerprint density at radius 3 is 2.81 bits per heavy atom. The smallest absolute Gasteiger partial charge is 0.244 e. The lowest BCUT2D eigenvalue weighted by atomic mass is 10.1. The van der Waals surface area contributed by atoms with Crippen LogP contribution in [0.15, 0.2) is 54.9 Å². The molecular formula is C21H22N6. The zero-order chi connectivity index (χ0) is 18.6. The summed E-state index contributed by atoms with van der Waals surface area (Å²) in [5, 5.41) is 15.9. The first-order valence-corrected chi connectivity index (χ1v) is 9.02. The molecule has 136 valence electrons. The highest BCUT2D eigenvalue weighted by Crippen LogP contribution is 2.19. The number of benzene rings is 2. The molecule has 0 bridgehead atoms. The third kappa shape index (κ3) is 3.89. The van der Waals surface area contributed by atoms with E-state index in [1.54, 1.807) is 6.20 Å². The minimum atomic E-state index is 0.517. The third-order valence-electron chi connectivity index (χ3n) is 4.69. The van der Waals surface area contributed by atoms with E-state index in [1.807, 2.05) is 12.1 Å². The number of hydrogen-bond acceptors (Lipinski definition) is 5. The molecule has 0 aliphatic carbocycles. The van der Waals surface area contributed by atoms with Crippen molar-refractivity contribution in [3.8, 4) is 0 Å². The van der Waals surface area contributed by atoms with Crippen LogP contribution in [0, 0.1) is 13.8 Å². The Morgan fingerprint density at radius 2 is 1.93 bits per heavy atom. The van der Waals surface area contributed by atoms with Crippen LogP contribution in [-0.2, 0) is 6.42 Å². The van der Waals surface area contributed by atoms with Gasteiger partial charge in [-0.15, -0.1) is 5.10 Å². The van der Waals surface area contributed by atoms with E-state index in [9.17, 15) is 0 Å². The SMILES string of the molecule is Cc1ccc(Nc2cnnc(NCCc3c[nH]c4ccccc34)n2)cc1C. The van der Waals surface area contributed by atoms with Gasteiger partial charge in [0.05, 0.1) is 6.20 Å². The largest absolute Gasteiger partial charge is 0.361 e. The standard InChI is InChI=1S/C21H22N6/c1-14-7-8-17(11-15(14)2)25-20-13-24-27-21(26-20)22-10-9-16-12-23-19-6-4-3-5-18(16)19/h3-8,11-13,23H,9-10H2,1-2H3,(H2,22,25,26,27). The lowest BCUT2D eigenvalue weighted by Crippen LogP contribution is -2.09. The summed E-state index contributed by atoms with van der Waals surface area (Å²) in [6, 6.07) is 14.5. The highest BCUT2D eigenvalue weighted by atomic mass is 15.3. The fourth-order valence-electron chi connectivity index (χ4n) is 3.05. The molecule has 6 heteroatoms. The van der Waals surface area contributed by atoms with E-state index >= 15 is 0 Å². The first-order chi connectivity index (χ1) is 13.2. The van der Waals surface area contributed by atoms with E-state index in [1.165, 1.54) is 22.1 Å². The van der Waals surface area contributed by atoms with Crippen LogP contribution in [0.5, 0.6) is 0 Å². The van der Waals surface area contributed by atoms with Crippen LogP contribution in [0.1, 0.15) is 16.7 Å². The summed E-state index contributed by atoms with van der Waals surface area (Å²) >= 11 is 0. The van der Waals surface area contributed by atoms with Crippen molar-refractivity contribution in [2.75, 3.05) is 17.2 Å². The molecule has 27 heavy (non-hydrogen) atoms. The molecule has 0 saturated heterocycles. The van der Waals surface area contributed by atoms with Gasteiger partial charge in [0.15, 0.2) is 5.82 Å². The molecule has 2 heterocycles. The average Bonchev–Trinajstić information content (AvgIpc) is 3.09. The molecule has 0 atom stereocenters. The number of anilines is 3. The molecule has 4 rings (SSSR count). The highest BCUT2D eigenvalue weighted by molar-refractivity contribution is 5.83. The minimum absolute atomic E-state index is 0.517. The monoisotopic (exact) mass is 358 g/mol. The molecule has 4 aromatic rings. The van der Waals surface area contributed by atoms with Crippen LogP contribution in [0.25, 0.3) is 10.9 Å². The van der Waals surface area contributed by atoms with Gasteiger partial charge in [0.2, 0.25) is 5.95 Å². The van der Waals surface area contributed by atoms with Gasteiger partial charge in [-0.2, -0.15) is 10.1 Å². The average molecular weight is 358 g/mol. The Hall–Kier alpha value is -3.41. The van der Waals surface area contributed by atoms with E-state index in [4.69, 9.17) is 0 Å². The summed E-state index contributed by atoms with van der Waals surface area (Å²) in [6.45, 7) is 4.92. The molecule has 0 radical (unpaired) electrons. The zero-order valence-corrected chi connectivity index (χ0v) is 15.5.